The van der Waals surface area contributed by atoms with Gasteiger partial charge in [-0.1, -0.05) is 24.0 Å². The molecule has 0 unspecified atom stereocenters. The molecule has 1 amide bonds. The molecule has 1 saturated heterocycles. The van der Waals surface area contributed by atoms with E-state index in [1.165, 1.54) is 0 Å². The van der Waals surface area contributed by atoms with E-state index in [1.807, 2.05) is 0 Å². The van der Waals surface area contributed by atoms with Crippen molar-refractivity contribution in [3.63, 3.8) is 0 Å². The zero-order valence-corrected chi connectivity index (χ0v) is 10.3. The van der Waals surface area contributed by atoms with Crippen molar-refractivity contribution in [3.8, 4) is 0 Å². The lowest BCUT2D eigenvalue weighted by molar-refractivity contribution is -0.311. The molecule has 0 aromatic rings. The molecule has 94 valence electrons. The van der Waals surface area contributed by atoms with Crippen molar-refractivity contribution in [2.75, 3.05) is 5.75 Å². The van der Waals surface area contributed by atoms with Crippen LogP contribution in [0, 0.1) is 0 Å². The summed E-state index contributed by atoms with van der Waals surface area (Å²) in [5.74, 6) is -2.96. The smallest absolute Gasteiger partial charge is 0.239 e. The summed E-state index contributed by atoms with van der Waals surface area (Å²) >= 11 is 5.95. The minimum absolute atomic E-state index is 0.0112. The van der Waals surface area contributed by atoms with Gasteiger partial charge in [-0.15, -0.1) is 0 Å². The molecule has 8 heteroatoms. The molecular formula is C9H9NO5S2-2. The number of carboxylic acids is 2. The molecule has 0 radical (unpaired) electrons. The maximum Gasteiger partial charge on any atom is 0.239 e. The Morgan fingerprint density at radius 1 is 1.47 bits per heavy atom. The summed E-state index contributed by atoms with van der Waals surface area (Å²) in [5, 5.41) is 21.1. The Bertz CT molecular complexity index is 354. The Labute approximate surface area is 107 Å². The first kappa shape index (κ1) is 13.9. The van der Waals surface area contributed by atoms with Gasteiger partial charge in [0.1, 0.15) is 4.32 Å². The average molecular weight is 275 g/mol. The number of aliphatic carboxylic acids is 2. The van der Waals surface area contributed by atoms with Crippen LogP contribution in [0.2, 0.25) is 0 Å². The van der Waals surface area contributed by atoms with Crippen molar-refractivity contribution >= 4 is 46.1 Å². The number of carbonyl (C=O) groups is 3. The van der Waals surface area contributed by atoms with Crippen LogP contribution >= 0.6 is 24.0 Å². The summed E-state index contributed by atoms with van der Waals surface area (Å²) in [6.45, 7) is 0. The van der Waals surface area contributed by atoms with E-state index in [0.717, 1.165) is 16.7 Å². The molecule has 6 nitrogen and oxygen atoms in total. The van der Waals surface area contributed by atoms with Gasteiger partial charge in [-0.05, 0) is 19.3 Å². The molecule has 0 spiro atoms. The summed E-state index contributed by atoms with van der Waals surface area (Å²) < 4.78 is 0.192. The van der Waals surface area contributed by atoms with E-state index in [1.54, 1.807) is 0 Å². The van der Waals surface area contributed by atoms with Crippen LogP contribution in [0.1, 0.15) is 19.3 Å². The summed E-state index contributed by atoms with van der Waals surface area (Å²) in [5.41, 5.74) is 0. The molecule has 17 heavy (non-hydrogen) atoms. The monoisotopic (exact) mass is 275 g/mol. The SMILES string of the molecule is O=C([O-])CCC[C@@H](C(=O)[O-])N1C(=O)CSC1=S. The second-order valence-corrected chi connectivity index (χ2v) is 5.03. The molecule has 0 saturated carbocycles. The molecule has 1 aliphatic heterocycles. The fourth-order valence-corrected chi connectivity index (χ4v) is 2.62. The standard InChI is InChI=1S/C9H11NO5S2/c11-6-4-17-9(16)10(6)5(8(14)15)2-1-3-7(12)13/h5H,1-4H2,(H,12,13)(H,14,15)/p-2/t5-/m0/s1. The number of thiocarbonyl (C=S) groups is 1. The van der Waals surface area contributed by atoms with Crippen LogP contribution in [0.15, 0.2) is 0 Å². The predicted octanol–water partition coefficient (Wildman–Crippen LogP) is -2.11. The van der Waals surface area contributed by atoms with E-state index in [9.17, 15) is 24.6 Å². The normalized spacial score (nSPS) is 17.3. The highest BCUT2D eigenvalue weighted by molar-refractivity contribution is 8.23. The van der Waals surface area contributed by atoms with Gasteiger partial charge < -0.3 is 19.8 Å². The Morgan fingerprint density at radius 2 is 2.12 bits per heavy atom. The van der Waals surface area contributed by atoms with Gasteiger partial charge in [0.25, 0.3) is 0 Å². The number of nitrogens with zero attached hydrogens (tertiary/aromatic N) is 1. The summed E-state index contributed by atoms with van der Waals surface area (Å²) in [4.78, 5) is 33.5. The topological polar surface area (TPSA) is 101 Å². The average Bonchev–Trinajstić information content (AvgIpc) is 2.54. The van der Waals surface area contributed by atoms with Gasteiger partial charge in [0.05, 0.1) is 17.8 Å². The van der Waals surface area contributed by atoms with Crippen molar-refractivity contribution in [2.45, 2.75) is 25.3 Å². The third kappa shape index (κ3) is 3.67. The molecule has 1 atom stereocenters. The Balaban J connectivity index is 2.65. The predicted molar refractivity (Wildman–Crippen MR) is 59.6 cm³/mol. The van der Waals surface area contributed by atoms with Crippen LogP contribution in [0.25, 0.3) is 0 Å². The molecular weight excluding hydrogens is 266 g/mol. The minimum Gasteiger partial charge on any atom is -0.550 e. The summed E-state index contributed by atoms with van der Waals surface area (Å²) in [6, 6.07) is -1.19. The Morgan fingerprint density at radius 3 is 2.53 bits per heavy atom. The molecule has 0 N–H and O–H groups in total. The lowest BCUT2D eigenvalue weighted by Gasteiger charge is -2.27. The summed E-state index contributed by atoms with van der Waals surface area (Å²) in [6.07, 6.45) is -0.174. The molecule has 0 aromatic carbocycles. The van der Waals surface area contributed by atoms with Crippen molar-refractivity contribution in [1.82, 2.24) is 4.90 Å². The van der Waals surface area contributed by atoms with Crippen LogP contribution in [-0.2, 0) is 14.4 Å². The fourth-order valence-electron chi connectivity index (χ4n) is 1.46. The van der Waals surface area contributed by atoms with Crippen LogP contribution < -0.4 is 10.2 Å². The molecule has 1 fully saturated rings. The molecule has 0 aromatic heterocycles. The first-order valence-corrected chi connectivity index (χ1v) is 6.22. The first-order valence-electron chi connectivity index (χ1n) is 4.83. The van der Waals surface area contributed by atoms with Crippen LogP contribution in [0.3, 0.4) is 0 Å². The van der Waals surface area contributed by atoms with Crippen molar-refractivity contribution in [2.24, 2.45) is 0 Å². The maximum absolute atomic E-state index is 11.4. The molecule has 1 heterocycles. The van der Waals surface area contributed by atoms with Gasteiger partial charge in [-0.25, -0.2) is 0 Å². The van der Waals surface area contributed by atoms with Crippen molar-refractivity contribution in [3.05, 3.63) is 0 Å². The third-order valence-electron chi connectivity index (χ3n) is 2.23. The van der Waals surface area contributed by atoms with Gasteiger partial charge in [0.2, 0.25) is 5.91 Å². The van der Waals surface area contributed by atoms with Crippen LogP contribution in [-0.4, -0.2) is 38.9 Å². The number of hydrogen-bond acceptors (Lipinski definition) is 7. The lowest BCUT2D eigenvalue weighted by atomic mass is 10.1. The summed E-state index contributed by atoms with van der Waals surface area (Å²) in [7, 11) is 0. The second kappa shape index (κ2) is 5.97. The highest BCUT2D eigenvalue weighted by Gasteiger charge is 2.33. The van der Waals surface area contributed by atoms with Gasteiger partial charge in [-0.3, -0.25) is 9.69 Å². The molecule has 0 bridgehead atoms. The van der Waals surface area contributed by atoms with E-state index >= 15 is 0 Å². The Kier molecular flexibility index (Phi) is 4.88. The number of thioether (sulfide) groups is 1. The highest BCUT2D eigenvalue weighted by atomic mass is 32.2. The maximum atomic E-state index is 11.4. The van der Waals surface area contributed by atoms with Crippen molar-refractivity contribution in [1.29, 1.82) is 0 Å². The minimum atomic E-state index is -1.43. The zero-order chi connectivity index (χ0) is 13.0. The van der Waals surface area contributed by atoms with Crippen LogP contribution in [0.4, 0.5) is 0 Å². The van der Waals surface area contributed by atoms with E-state index in [-0.39, 0.29) is 35.2 Å². The number of amides is 1. The van der Waals surface area contributed by atoms with E-state index in [0.29, 0.717) is 0 Å². The highest BCUT2D eigenvalue weighted by Crippen LogP contribution is 2.23. The van der Waals surface area contributed by atoms with Gasteiger partial charge >= 0.3 is 0 Å². The van der Waals surface area contributed by atoms with Gasteiger partial charge in [-0.2, -0.15) is 0 Å². The number of rotatable bonds is 6. The molecule has 1 aliphatic rings. The van der Waals surface area contributed by atoms with Gasteiger partial charge in [0, 0.05) is 5.97 Å². The van der Waals surface area contributed by atoms with Gasteiger partial charge in [0.15, 0.2) is 0 Å². The largest absolute Gasteiger partial charge is 0.550 e. The number of carboxylic acid groups (broad SMARTS) is 2. The van der Waals surface area contributed by atoms with Crippen molar-refractivity contribution < 1.29 is 24.6 Å². The zero-order valence-electron chi connectivity index (χ0n) is 8.71. The quantitative estimate of drug-likeness (QED) is 0.511. The van der Waals surface area contributed by atoms with Crippen LogP contribution in [0.5, 0.6) is 0 Å². The third-order valence-corrected chi connectivity index (χ3v) is 3.61. The fraction of sp³-hybridized carbons (Fsp3) is 0.556. The van der Waals surface area contributed by atoms with E-state index in [4.69, 9.17) is 12.2 Å². The number of hydrogen-bond donors (Lipinski definition) is 0. The molecule has 1 rings (SSSR count). The Hall–Kier alpha value is -1.15. The second-order valence-electron chi connectivity index (χ2n) is 3.42. The number of carbonyl (C=O) groups excluding carboxylic acids is 3. The van der Waals surface area contributed by atoms with E-state index < -0.39 is 18.0 Å². The first-order chi connectivity index (χ1) is 7.93. The molecule has 0 aliphatic carbocycles. The lowest BCUT2D eigenvalue weighted by Crippen LogP contribution is -2.50. The van der Waals surface area contributed by atoms with E-state index in [2.05, 4.69) is 0 Å².